The summed E-state index contributed by atoms with van der Waals surface area (Å²) < 4.78 is 8.68. The topological polar surface area (TPSA) is 99.4 Å². The summed E-state index contributed by atoms with van der Waals surface area (Å²) in [4.78, 5) is 0. The average Bonchev–Trinajstić information content (AvgIpc) is 1.97. The molecule has 0 aromatic rings. The normalized spacial score (nSPS) is 13.1. The van der Waals surface area contributed by atoms with Gasteiger partial charge in [0.2, 0.25) is 0 Å². The van der Waals surface area contributed by atoms with Gasteiger partial charge in [0, 0.05) is 0 Å². The summed E-state index contributed by atoms with van der Waals surface area (Å²) in [7, 11) is -1.87. The Labute approximate surface area is 64.2 Å². The first-order valence-corrected chi connectivity index (χ1v) is 3.01. The molecule has 0 aliphatic rings. The van der Waals surface area contributed by atoms with Crippen molar-refractivity contribution in [2.24, 2.45) is 0 Å². The summed E-state index contributed by atoms with van der Waals surface area (Å²) in [5, 5.41) is 33.2. The zero-order valence-electron chi connectivity index (χ0n) is 5.88. The van der Waals surface area contributed by atoms with Gasteiger partial charge in [-0.05, 0) is 0 Å². The van der Waals surface area contributed by atoms with E-state index in [0.29, 0.717) is 0 Å². The Bertz CT molecular complexity index is 88.7. The molecular formula is C4H11BO6. The minimum absolute atomic E-state index is 0.108. The quantitative estimate of drug-likeness (QED) is 0.194. The maximum Gasteiger partial charge on any atom is 0.635 e. The van der Waals surface area contributed by atoms with Crippen LogP contribution in [-0.2, 0) is 9.39 Å². The van der Waals surface area contributed by atoms with Gasteiger partial charge in [-0.25, -0.2) is 0 Å². The number of rotatable bonds is 6. The summed E-state index contributed by atoms with van der Waals surface area (Å²) in [6.07, 6.45) is -0.963. The Morgan fingerprint density at radius 2 is 2.00 bits per heavy atom. The molecule has 0 aromatic carbocycles. The summed E-state index contributed by atoms with van der Waals surface area (Å²) in [5.41, 5.74) is 0. The lowest BCUT2D eigenvalue weighted by Gasteiger charge is -2.07. The van der Waals surface area contributed by atoms with Crippen molar-refractivity contribution in [3.05, 3.63) is 0 Å². The Hall–Kier alpha value is -0.175. The molecule has 7 heteroatoms. The molecule has 0 saturated heterocycles. The molecular weight excluding hydrogens is 155 g/mol. The molecule has 0 spiro atoms. The van der Waals surface area contributed by atoms with Crippen LogP contribution in [-0.4, -0.2) is 53.7 Å². The molecule has 0 saturated carbocycles. The monoisotopic (exact) mass is 166 g/mol. The van der Waals surface area contributed by atoms with Gasteiger partial charge in [-0.15, -0.1) is 0 Å². The molecule has 0 amide bonds. The zero-order valence-corrected chi connectivity index (χ0v) is 5.88. The van der Waals surface area contributed by atoms with E-state index in [1.54, 1.807) is 0 Å². The highest BCUT2D eigenvalue weighted by Crippen LogP contribution is 1.84. The first kappa shape index (κ1) is 10.8. The number of ether oxygens (including phenoxy) is 1. The molecule has 1 atom stereocenters. The van der Waals surface area contributed by atoms with Gasteiger partial charge in [-0.1, -0.05) is 0 Å². The third-order valence-electron chi connectivity index (χ3n) is 0.821. The first-order chi connectivity index (χ1) is 5.16. The van der Waals surface area contributed by atoms with Gasteiger partial charge in [0.25, 0.3) is 0 Å². The van der Waals surface area contributed by atoms with Gasteiger partial charge in [0.1, 0.15) is 12.9 Å². The van der Waals surface area contributed by atoms with Crippen molar-refractivity contribution in [1.29, 1.82) is 0 Å². The van der Waals surface area contributed by atoms with Crippen molar-refractivity contribution in [3.63, 3.8) is 0 Å². The van der Waals surface area contributed by atoms with Crippen LogP contribution >= 0.6 is 0 Å². The molecule has 6 nitrogen and oxygen atoms in total. The Morgan fingerprint density at radius 1 is 1.36 bits per heavy atom. The fourth-order valence-corrected chi connectivity index (χ4v) is 0.346. The Kier molecular flexibility index (Phi) is 6.43. The fraction of sp³-hybridized carbons (Fsp3) is 1.00. The second-order valence-electron chi connectivity index (χ2n) is 1.82. The molecule has 0 aromatic heterocycles. The van der Waals surface area contributed by atoms with E-state index in [1.165, 1.54) is 0 Å². The van der Waals surface area contributed by atoms with Crippen molar-refractivity contribution in [2.75, 3.05) is 20.0 Å². The lowest BCUT2D eigenvalue weighted by Crippen LogP contribution is -2.23. The molecule has 0 fully saturated rings. The maximum atomic E-state index is 8.67. The van der Waals surface area contributed by atoms with Crippen molar-refractivity contribution < 1.29 is 29.7 Å². The van der Waals surface area contributed by atoms with E-state index in [9.17, 15) is 0 Å². The van der Waals surface area contributed by atoms with E-state index in [2.05, 4.69) is 9.39 Å². The van der Waals surface area contributed by atoms with Gasteiger partial charge >= 0.3 is 7.32 Å². The van der Waals surface area contributed by atoms with E-state index in [1.807, 2.05) is 0 Å². The Balaban J connectivity index is 3.01. The van der Waals surface area contributed by atoms with Crippen molar-refractivity contribution in [2.45, 2.75) is 6.10 Å². The predicted octanol–water partition coefficient (Wildman–Crippen LogP) is -2.70. The third kappa shape index (κ3) is 7.72. The molecule has 0 aliphatic carbocycles. The molecule has 0 aliphatic heterocycles. The van der Waals surface area contributed by atoms with Gasteiger partial charge in [-0.2, -0.15) is 0 Å². The van der Waals surface area contributed by atoms with Crippen LogP contribution in [0.4, 0.5) is 0 Å². The van der Waals surface area contributed by atoms with Crippen LogP contribution in [0.5, 0.6) is 0 Å². The largest absolute Gasteiger partial charge is 0.635 e. The molecule has 0 radical (unpaired) electrons. The second kappa shape index (κ2) is 6.53. The summed E-state index contributed by atoms with van der Waals surface area (Å²) in [6.45, 7) is -0.848. The molecule has 0 rings (SSSR count). The SMILES string of the molecule is OCC(O)COCOB(O)O. The highest BCUT2D eigenvalue weighted by atomic mass is 16.7. The first-order valence-electron chi connectivity index (χ1n) is 3.01. The van der Waals surface area contributed by atoms with Gasteiger partial charge < -0.3 is 29.7 Å². The molecule has 0 bridgehead atoms. The highest BCUT2D eigenvalue weighted by molar-refractivity contribution is 6.32. The summed E-state index contributed by atoms with van der Waals surface area (Å²) in [6, 6.07) is 0. The van der Waals surface area contributed by atoms with Crippen molar-refractivity contribution in [3.8, 4) is 0 Å². The van der Waals surface area contributed by atoms with Crippen LogP contribution in [0.2, 0.25) is 0 Å². The number of aliphatic hydroxyl groups is 2. The minimum atomic E-state index is -1.87. The maximum absolute atomic E-state index is 8.67. The zero-order chi connectivity index (χ0) is 8.69. The Morgan fingerprint density at radius 3 is 2.45 bits per heavy atom. The van der Waals surface area contributed by atoms with E-state index in [-0.39, 0.29) is 13.4 Å². The van der Waals surface area contributed by atoms with Crippen LogP contribution in [0.1, 0.15) is 0 Å². The van der Waals surface area contributed by atoms with Crippen LogP contribution in [0.3, 0.4) is 0 Å². The summed E-state index contributed by atoms with van der Waals surface area (Å²) >= 11 is 0. The molecule has 11 heavy (non-hydrogen) atoms. The van der Waals surface area contributed by atoms with Crippen LogP contribution in [0, 0.1) is 0 Å². The second-order valence-corrected chi connectivity index (χ2v) is 1.82. The van der Waals surface area contributed by atoms with E-state index in [0.717, 1.165) is 0 Å². The highest BCUT2D eigenvalue weighted by Gasteiger charge is 2.08. The van der Waals surface area contributed by atoms with Gasteiger partial charge in [0.15, 0.2) is 0 Å². The summed E-state index contributed by atoms with van der Waals surface area (Å²) in [5.74, 6) is 0. The van der Waals surface area contributed by atoms with E-state index in [4.69, 9.17) is 20.3 Å². The predicted molar refractivity (Wildman–Crippen MR) is 35.2 cm³/mol. The third-order valence-corrected chi connectivity index (χ3v) is 0.821. The van der Waals surface area contributed by atoms with Crippen molar-refractivity contribution in [1.82, 2.24) is 0 Å². The standard InChI is InChI=1S/C4H11BO6/c6-1-4(7)2-10-3-11-5(8)9/h4,6-9H,1-3H2. The van der Waals surface area contributed by atoms with E-state index >= 15 is 0 Å². The molecule has 66 valence electrons. The molecule has 4 N–H and O–H groups in total. The average molecular weight is 166 g/mol. The molecule has 0 heterocycles. The number of hydrogen-bond donors (Lipinski definition) is 4. The van der Waals surface area contributed by atoms with Gasteiger partial charge in [-0.3, -0.25) is 0 Å². The van der Waals surface area contributed by atoms with Crippen LogP contribution in [0.25, 0.3) is 0 Å². The van der Waals surface area contributed by atoms with Crippen molar-refractivity contribution >= 4 is 7.32 Å². The van der Waals surface area contributed by atoms with Crippen LogP contribution < -0.4 is 0 Å². The van der Waals surface area contributed by atoms with E-state index < -0.39 is 20.0 Å². The molecule has 1 unspecified atom stereocenters. The minimum Gasteiger partial charge on any atom is -0.402 e. The lowest BCUT2D eigenvalue weighted by atomic mass is 10.3. The smallest absolute Gasteiger partial charge is 0.402 e. The number of aliphatic hydroxyl groups excluding tert-OH is 2. The number of hydrogen-bond acceptors (Lipinski definition) is 6. The van der Waals surface area contributed by atoms with Crippen LogP contribution in [0.15, 0.2) is 0 Å². The van der Waals surface area contributed by atoms with Gasteiger partial charge in [0.05, 0.1) is 13.2 Å². The lowest BCUT2D eigenvalue weighted by molar-refractivity contribution is -0.0568. The fourth-order valence-electron chi connectivity index (χ4n) is 0.346.